The lowest BCUT2D eigenvalue weighted by atomic mass is 10.1. The summed E-state index contributed by atoms with van der Waals surface area (Å²) >= 11 is 0. The second-order valence-corrected chi connectivity index (χ2v) is 7.22. The molecule has 2 N–H and O–H groups in total. The maximum atomic E-state index is 12.5. The van der Waals surface area contributed by atoms with Gasteiger partial charge in [-0.1, -0.05) is 60.7 Å². The predicted molar refractivity (Wildman–Crippen MR) is 126 cm³/mol. The van der Waals surface area contributed by atoms with Crippen LogP contribution in [0.3, 0.4) is 0 Å². The summed E-state index contributed by atoms with van der Waals surface area (Å²) in [7, 11) is 0. The fourth-order valence-corrected chi connectivity index (χ4v) is 2.72. The van der Waals surface area contributed by atoms with E-state index in [0.29, 0.717) is 24.3 Å². The molecule has 0 bridgehead atoms. The molecule has 14 heteroatoms. The fraction of sp³-hybridized carbons (Fsp3) is 0.0769. The van der Waals surface area contributed by atoms with Crippen LogP contribution < -0.4 is 0 Å². The van der Waals surface area contributed by atoms with Gasteiger partial charge in [-0.25, -0.2) is 38.4 Å². The molecule has 0 fully saturated rings. The van der Waals surface area contributed by atoms with E-state index in [1.54, 1.807) is 0 Å². The Balaban J connectivity index is 2.24. The maximum Gasteiger partial charge on any atom is 0.418 e. The number of aliphatic carboxylic acids is 2. The third-order valence-electron chi connectivity index (χ3n) is 4.38. The smallest absolute Gasteiger partial charge is 0.418 e. The minimum absolute atomic E-state index is 0.0569. The second-order valence-electron chi connectivity index (χ2n) is 7.22. The van der Waals surface area contributed by atoms with Gasteiger partial charge in [-0.3, -0.25) is 0 Å². The molecule has 2 unspecified atom stereocenters. The van der Waals surface area contributed by atoms with Crippen LogP contribution in [-0.4, -0.2) is 58.0 Å². The monoisotopic (exact) mass is 554 g/mol. The molecule has 0 saturated carbocycles. The Morgan fingerprint density at radius 1 is 0.525 bits per heavy atom. The van der Waals surface area contributed by atoms with Crippen LogP contribution in [0.2, 0.25) is 0 Å². The number of ether oxygens (including phenoxy) is 4. The molecule has 0 amide bonds. The van der Waals surface area contributed by atoms with Crippen molar-refractivity contribution in [3.05, 3.63) is 96.1 Å². The third-order valence-corrected chi connectivity index (χ3v) is 4.38. The lowest BCUT2D eigenvalue weighted by molar-refractivity contribution is -0.185. The highest BCUT2D eigenvalue weighted by atomic mass is 16.7. The van der Waals surface area contributed by atoms with Crippen molar-refractivity contribution < 1.29 is 67.5 Å². The van der Waals surface area contributed by atoms with Crippen LogP contribution >= 0.6 is 0 Å². The van der Waals surface area contributed by atoms with Gasteiger partial charge >= 0.3 is 47.8 Å². The molecule has 0 aromatic heterocycles. The van der Waals surface area contributed by atoms with Gasteiger partial charge in [0, 0.05) is 35.4 Å². The molecule has 2 atom stereocenters. The molecular weight excluding hydrogens is 536 g/mol. The number of esters is 6. The number of benzene rings is 2. The summed E-state index contributed by atoms with van der Waals surface area (Å²) in [5, 5.41) is 17.2. The molecule has 2 aromatic carbocycles. The normalized spacial score (nSPS) is 12.1. The summed E-state index contributed by atoms with van der Waals surface area (Å²) in [6, 6.07) is 13.9. The average molecular weight is 554 g/mol. The van der Waals surface area contributed by atoms with Gasteiger partial charge in [0.05, 0.1) is 0 Å². The number of hydrogen-bond acceptors (Lipinski definition) is 12. The zero-order valence-electron chi connectivity index (χ0n) is 20.0. The van der Waals surface area contributed by atoms with Gasteiger partial charge in [-0.15, -0.1) is 0 Å². The van der Waals surface area contributed by atoms with Crippen molar-refractivity contribution in [2.75, 3.05) is 0 Å². The molecule has 0 aliphatic carbocycles. The third kappa shape index (κ3) is 9.85. The average Bonchev–Trinajstić information content (AvgIpc) is 2.92. The number of hydrogen-bond donors (Lipinski definition) is 2. The first-order valence-corrected chi connectivity index (χ1v) is 10.8. The fourth-order valence-electron chi connectivity index (χ4n) is 2.72. The molecule has 0 heterocycles. The van der Waals surface area contributed by atoms with Crippen molar-refractivity contribution in [1.29, 1.82) is 0 Å². The largest absolute Gasteiger partial charge is 0.478 e. The predicted octanol–water partition coefficient (Wildman–Crippen LogP) is 0.977. The van der Waals surface area contributed by atoms with Crippen molar-refractivity contribution >= 4 is 47.8 Å². The van der Waals surface area contributed by atoms with E-state index in [1.165, 1.54) is 60.7 Å². The molecular formula is C26H18O14. The van der Waals surface area contributed by atoms with Crippen LogP contribution in [-0.2, 0) is 57.3 Å². The highest BCUT2D eigenvalue weighted by Gasteiger charge is 2.35. The summed E-state index contributed by atoms with van der Waals surface area (Å²) in [5.74, 6) is -12.5. The van der Waals surface area contributed by atoms with E-state index >= 15 is 0 Å². The van der Waals surface area contributed by atoms with E-state index in [0.717, 1.165) is 0 Å². The van der Waals surface area contributed by atoms with Crippen LogP contribution in [0.1, 0.15) is 23.3 Å². The van der Waals surface area contributed by atoms with Gasteiger partial charge < -0.3 is 29.2 Å². The molecule has 0 radical (unpaired) electrons. The van der Waals surface area contributed by atoms with Gasteiger partial charge in [0.1, 0.15) is 0 Å². The highest BCUT2D eigenvalue weighted by molar-refractivity contribution is 6.30. The standard InChI is InChI=1S/C26H18O14/c27-17(28)11-13-19(31)37-23(33)21(15-7-3-1-4-8-15)39-25(35)26(36)40-22(16-9-5-2-6-10-16)24(34)38-20(32)14-12-18(29)30/h1-14,21-22H,(H,27,28)(H,29,30)/b13-11+,14-12+. The Labute approximate surface area is 224 Å². The number of carbonyl (C=O) groups is 8. The topological polar surface area (TPSA) is 214 Å². The first kappa shape index (κ1) is 30.3. The van der Waals surface area contributed by atoms with E-state index in [-0.39, 0.29) is 11.1 Å². The molecule has 0 aliphatic rings. The summed E-state index contributed by atoms with van der Waals surface area (Å²) < 4.78 is 18.7. The van der Waals surface area contributed by atoms with E-state index in [1.807, 2.05) is 0 Å². The van der Waals surface area contributed by atoms with Crippen molar-refractivity contribution in [3.8, 4) is 0 Å². The van der Waals surface area contributed by atoms with Crippen LogP contribution in [0.25, 0.3) is 0 Å². The number of rotatable bonds is 10. The van der Waals surface area contributed by atoms with Crippen molar-refractivity contribution in [2.24, 2.45) is 0 Å². The summed E-state index contributed by atoms with van der Waals surface area (Å²) in [5.41, 5.74) is -0.114. The van der Waals surface area contributed by atoms with Gasteiger partial charge in [-0.05, 0) is 0 Å². The Hall–Kier alpha value is -5.92. The van der Waals surface area contributed by atoms with Crippen molar-refractivity contribution in [2.45, 2.75) is 12.2 Å². The molecule has 2 aromatic rings. The summed E-state index contributed by atoms with van der Waals surface area (Å²) in [6.07, 6.45) is -2.40. The molecule has 14 nitrogen and oxygen atoms in total. The maximum absolute atomic E-state index is 12.5. The summed E-state index contributed by atoms with van der Waals surface area (Å²) in [4.78, 5) is 94.7. The van der Waals surface area contributed by atoms with Crippen LogP contribution in [0.5, 0.6) is 0 Å². The quantitative estimate of drug-likeness (QED) is 0.138. The van der Waals surface area contributed by atoms with Gasteiger partial charge in [0.25, 0.3) is 0 Å². The Kier molecular flexibility index (Phi) is 11.2. The first-order chi connectivity index (χ1) is 19.0. The first-order valence-electron chi connectivity index (χ1n) is 10.8. The van der Waals surface area contributed by atoms with E-state index < -0.39 is 60.0 Å². The van der Waals surface area contributed by atoms with Crippen LogP contribution in [0.4, 0.5) is 0 Å². The van der Waals surface area contributed by atoms with E-state index in [2.05, 4.69) is 9.47 Å². The number of carboxylic acids is 2. The number of carbonyl (C=O) groups excluding carboxylic acids is 6. The zero-order valence-corrected chi connectivity index (χ0v) is 20.0. The highest BCUT2D eigenvalue weighted by Crippen LogP contribution is 2.23. The lowest BCUT2D eigenvalue weighted by Gasteiger charge is -2.18. The van der Waals surface area contributed by atoms with E-state index in [4.69, 9.17) is 19.7 Å². The number of carboxylic acid groups (broad SMARTS) is 2. The molecule has 2 rings (SSSR count). The van der Waals surface area contributed by atoms with Gasteiger partial charge in [0.15, 0.2) is 0 Å². The van der Waals surface area contributed by atoms with Gasteiger partial charge in [0.2, 0.25) is 12.2 Å². The minimum atomic E-state index is -2.01. The molecule has 0 spiro atoms. The summed E-state index contributed by atoms with van der Waals surface area (Å²) in [6.45, 7) is 0. The Morgan fingerprint density at radius 2 is 0.850 bits per heavy atom. The van der Waals surface area contributed by atoms with Crippen LogP contribution in [0, 0.1) is 0 Å². The molecule has 40 heavy (non-hydrogen) atoms. The SMILES string of the molecule is O=C(O)/C=C/C(=O)OC(=O)C(OC(=O)C(=O)OC(C(=O)OC(=O)/C=C/C(=O)O)c1ccccc1)c1ccccc1. The van der Waals surface area contributed by atoms with Gasteiger partial charge in [-0.2, -0.15) is 0 Å². The second kappa shape index (κ2) is 14.7. The van der Waals surface area contributed by atoms with E-state index in [9.17, 15) is 38.4 Å². The Morgan fingerprint density at radius 3 is 1.15 bits per heavy atom. The molecule has 0 aliphatic heterocycles. The van der Waals surface area contributed by atoms with Crippen molar-refractivity contribution in [1.82, 2.24) is 0 Å². The zero-order chi connectivity index (χ0) is 29.7. The lowest BCUT2D eigenvalue weighted by Crippen LogP contribution is -2.31. The Bertz CT molecular complexity index is 1250. The molecule has 0 saturated heterocycles. The van der Waals surface area contributed by atoms with Crippen LogP contribution in [0.15, 0.2) is 85.0 Å². The molecule has 206 valence electrons. The van der Waals surface area contributed by atoms with Crippen molar-refractivity contribution in [3.63, 3.8) is 0 Å². The minimum Gasteiger partial charge on any atom is -0.478 e.